The van der Waals surface area contributed by atoms with Gasteiger partial charge in [-0.1, -0.05) is 0 Å². The molecule has 0 spiro atoms. The fourth-order valence-electron chi connectivity index (χ4n) is 0.183. The van der Waals surface area contributed by atoms with Crippen LogP contribution in [-0.2, 0) is 26.0 Å². The number of aliphatic hydroxyl groups is 2. The topological polar surface area (TPSA) is 58.9 Å². The van der Waals surface area contributed by atoms with E-state index in [2.05, 4.69) is 9.47 Å². The van der Waals surface area contributed by atoms with Crippen LogP contribution in [0.3, 0.4) is 0 Å². The van der Waals surface area contributed by atoms with E-state index in [0.29, 0.717) is 13.2 Å². The van der Waals surface area contributed by atoms with Crippen LogP contribution in [-0.4, -0.2) is 50.9 Å². The molecule has 5 heteroatoms. The molecule has 0 aliphatic rings. The molecule has 0 unspecified atom stereocenters. The van der Waals surface area contributed by atoms with Gasteiger partial charge >= 0.3 is 0 Å². The Labute approximate surface area is 77.4 Å². The number of methoxy groups -OCH3 is 2. The van der Waals surface area contributed by atoms with Gasteiger partial charge in [-0.15, -0.1) is 0 Å². The Bertz CT molecular complexity index is 35.6. The van der Waals surface area contributed by atoms with Gasteiger partial charge in [0.25, 0.3) is 0 Å². The predicted molar refractivity (Wildman–Crippen MR) is 37.9 cm³/mol. The Balaban J connectivity index is -0.000000107. The molecule has 0 amide bonds. The van der Waals surface area contributed by atoms with Crippen LogP contribution in [0.25, 0.3) is 0 Å². The molecule has 0 bridgehead atoms. The second kappa shape index (κ2) is 22.4. The van der Waals surface area contributed by atoms with Gasteiger partial charge in [0.2, 0.25) is 0 Å². The Morgan fingerprint density at radius 3 is 1.18 bits per heavy atom. The van der Waals surface area contributed by atoms with Crippen LogP contribution in [0.4, 0.5) is 0 Å². The first-order chi connectivity index (χ1) is 4.83. The summed E-state index contributed by atoms with van der Waals surface area (Å²) in [5.41, 5.74) is 0. The van der Waals surface area contributed by atoms with E-state index in [4.69, 9.17) is 10.2 Å². The fraction of sp³-hybridized carbons (Fsp3) is 1.00. The number of rotatable bonds is 4. The maximum Gasteiger partial charge on any atom is 0.0693 e. The van der Waals surface area contributed by atoms with Crippen LogP contribution in [0.1, 0.15) is 0 Å². The quantitative estimate of drug-likeness (QED) is 0.600. The third kappa shape index (κ3) is 38.2. The zero-order valence-electron chi connectivity index (χ0n) is 6.86. The van der Waals surface area contributed by atoms with Crippen LogP contribution in [0.2, 0.25) is 0 Å². The normalized spacial score (nSPS) is 7.64. The Morgan fingerprint density at radius 1 is 0.909 bits per heavy atom. The molecule has 4 nitrogen and oxygen atoms in total. The number of hydrogen-bond acceptors (Lipinski definition) is 4. The molecule has 0 aliphatic carbocycles. The van der Waals surface area contributed by atoms with Crippen LogP contribution in [0.15, 0.2) is 0 Å². The van der Waals surface area contributed by atoms with Gasteiger partial charge in [-0.3, -0.25) is 0 Å². The van der Waals surface area contributed by atoms with E-state index >= 15 is 0 Å². The summed E-state index contributed by atoms with van der Waals surface area (Å²) in [5, 5.41) is 15.9. The van der Waals surface area contributed by atoms with Gasteiger partial charge in [-0.25, -0.2) is 0 Å². The van der Waals surface area contributed by atoms with Crippen molar-refractivity contribution >= 4 is 0 Å². The average molecular weight is 211 g/mol. The first kappa shape index (κ1) is 17.4. The molecule has 74 valence electrons. The van der Waals surface area contributed by atoms with E-state index in [0.717, 1.165) is 0 Å². The number of hydrogen-bond donors (Lipinski definition) is 2. The van der Waals surface area contributed by atoms with E-state index < -0.39 is 0 Å². The van der Waals surface area contributed by atoms with Gasteiger partial charge in [-0.05, 0) is 0 Å². The van der Waals surface area contributed by atoms with Crippen molar-refractivity contribution in [2.75, 3.05) is 40.6 Å². The van der Waals surface area contributed by atoms with E-state index in [9.17, 15) is 0 Å². The Morgan fingerprint density at radius 2 is 1.18 bits per heavy atom. The van der Waals surface area contributed by atoms with Crippen LogP contribution in [0, 0.1) is 0 Å². The van der Waals surface area contributed by atoms with Crippen LogP contribution in [0.5, 0.6) is 0 Å². The maximum atomic E-state index is 7.94. The molecular formula is C6H16NiO4. The molecule has 0 rings (SSSR count). The van der Waals surface area contributed by atoms with Crippen molar-refractivity contribution < 1.29 is 36.2 Å². The summed E-state index contributed by atoms with van der Waals surface area (Å²) in [6.07, 6.45) is 0. The molecular weight excluding hydrogens is 195 g/mol. The van der Waals surface area contributed by atoms with E-state index in [1.807, 2.05) is 0 Å². The summed E-state index contributed by atoms with van der Waals surface area (Å²) in [4.78, 5) is 0. The van der Waals surface area contributed by atoms with Crippen LogP contribution < -0.4 is 0 Å². The van der Waals surface area contributed by atoms with Crippen molar-refractivity contribution in [3.8, 4) is 0 Å². The minimum Gasteiger partial charge on any atom is -0.394 e. The zero-order chi connectivity index (χ0) is 8.24. The van der Waals surface area contributed by atoms with Crippen LogP contribution >= 0.6 is 0 Å². The van der Waals surface area contributed by atoms with E-state index in [1.165, 1.54) is 0 Å². The van der Waals surface area contributed by atoms with Crippen molar-refractivity contribution in [2.24, 2.45) is 0 Å². The molecule has 0 aromatic carbocycles. The molecule has 0 aromatic rings. The van der Waals surface area contributed by atoms with Gasteiger partial charge in [-0.2, -0.15) is 0 Å². The minimum absolute atomic E-state index is 0. The van der Waals surface area contributed by atoms with Crippen molar-refractivity contribution in [3.05, 3.63) is 0 Å². The van der Waals surface area contributed by atoms with Gasteiger partial charge < -0.3 is 19.7 Å². The van der Waals surface area contributed by atoms with Crippen molar-refractivity contribution in [2.45, 2.75) is 0 Å². The van der Waals surface area contributed by atoms with Gasteiger partial charge in [0.15, 0.2) is 0 Å². The smallest absolute Gasteiger partial charge is 0.0693 e. The second-order valence-electron chi connectivity index (χ2n) is 1.43. The van der Waals surface area contributed by atoms with Gasteiger partial charge in [0, 0.05) is 30.7 Å². The zero-order valence-corrected chi connectivity index (χ0v) is 7.84. The first-order valence-corrected chi connectivity index (χ1v) is 3.03. The Hall–Kier alpha value is 0.334. The maximum absolute atomic E-state index is 7.94. The average Bonchev–Trinajstić information content (AvgIpc) is 1.93. The molecule has 0 heterocycles. The predicted octanol–water partition coefficient (Wildman–Crippen LogP) is -0.752. The van der Waals surface area contributed by atoms with Crippen molar-refractivity contribution in [3.63, 3.8) is 0 Å². The molecule has 11 heavy (non-hydrogen) atoms. The van der Waals surface area contributed by atoms with E-state index in [1.54, 1.807) is 14.2 Å². The standard InChI is InChI=1S/2C3H8O2.Ni/c2*1-5-3-2-4;/h2*4H,2-3H2,1H3;. The summed E-state index contributed by atoms with van der Waals surface area (Å²) in [5.74, 6) is 0. The molecule has 0 atom stereocenters. The largest absolute Gasteiger partial charge is 0.394 e. The van der Waals surface area contributed by atoms with Gasteiger partial charge in [0.1, 0.15) is 0 Å². The second-order valence-corrected chi connectivity index (χ2v) is 1.43. The Kier molecular flexibility index (Phi) is 35.6. The monoisotopic (exact) mass is 210 g/mol. The molecule has 0 radical (unpaired) electrons. The van der Waals surface area contributed by atoms with Crippen molar-refractivity contribution in [1.29, 1.82) is 0 Å². The third-order valence-corrected chi connectivity index (χ3v) is 0.591. The molecule has 0 saturated carbocycles. The van der Waals surface area contributed by atoms with Crippen molar-refractivity contribution in [1.82, 2.24) is 0 Å². The summed E-state index contributed by atoms with van der Waals surface area (Å²) < 4.78 is 8.88. The third-order valence-electron chi connectivity index (χ3n) is 0.591. The van der Waals surface area contributed by atoms with Gasteiger partial charge in [0.05, 0.1) is 26.4 Å². The molecule has 0 aromatic heterocycles. The molecule has 0 saturated heterocycles. The summed E-state index contributed by atoms with van der Waals surface area (Å²) >= 11 is 0. The number of ether oxygens (including phenoxy) is 2. The molecule has 2 N–H and O–H groups in total. The minimum atomic E-state index is 0. The molecule has 0 fully saturated rings. The van der Waals surface area contributed by atoms with E-state index in [-0.39, 0.29) is 29.7 Å². The summed E-state index contributed by atoms with van der Waals surface area (Å²) in [6, 6.07) is 0. The molecule has 0 aliphatic heterocycles. The summed E-state index contributed by atoms with van der Waals surface area (Å²) in [6.45, 7) is 1.13. The fourth-order valence-corrected chi connectivity index (χ4v) is 0.183. The SMILES string of the molecule is COCCO.COCCO.[Ni]. The summed E-state index contributed by atoms with van der Waals surface area (Å²) in [7, 11) is 3.10. The number of aliphatic hydroxyl groups excluding tert-OH is 2. The first-order valence-electron chi connectivity index (χ1n) is 3.03.